The van der Waals surface area contributed by atoms with Crippen LogP contribution in [0, 0.1) is 5.95 Å². The molecule has 0 saturated carbocycles. The number of methoxy groups -OCH3 is 1. The molecule has 0 saturated heterocycles. The highest BCUT2D eigenvalue weighted by Crippen LogP contribution is 2.21. The molecule has 22 heavy (non-hydrogen) atoms. The number of amides is 1. The molecule has 1 N–H and O–H groups in total. The lowest BCUT2D eigenvalue weighted by atomic mass is 10.2. The summed E-state index contributed by atoms with van der Waals surface area (Å²) in [5.41, 5.74) is 0.911. The highest BCUT2D eigenvalue weighted by molar-refractivity contribution is 7.99. The molecule has 0 aliphatic heterocycles. The third-order valence-corrected chi connectivity index (χ3v) is 3.96. The first-order valence-electron chi connectivity index (χ1n) is 6.84. The third-order valence-electron chi connectivity index (χ3n) is 2.86. The second kappa shape index (κ2) is 8.51. The third kappa shape index (κ3) is 5.13. The number of carbonyl (C=O) groups excluding carboxylic acids is 1. The summed E-state index contributed by atoms with van der Waals surface area (Å²) in [6, 6.07) is 10.1. The molecule has 0 unspecified atom stereocenters. The van der Waals surface area contributed by atoms with E-state index in [1.165, 1.54) is 12.3 Å². The second-order valence-corrected chi connectivity index (χ2v) is 5.71. The fraction of sp³-hybridized carbons (Fsp3) is 0.250. The zero-order valence-corrected chi connectivity index (χ0v) is 13.0. The van der Waals surface area contributed by atoms with Crippen molar-refractivity contribution in [1.29, 1.82) is 0 Å². The van der Waals surface area contributed by atoms with Gasteiger partial charge in [-0.25, -0.2) is 4.98 Å². The molecule has 2 rings (SSSR count). The molecule has 1 aromatic carbocycles. The van der Waals surface area contributed by atoms with E-state index in [9.17, 15) is 9.18 Å². The number of nitrogens with one attached hydrogen (secondary N) is 1. The number of hydrogen-bond acceptors (Lipinski definition) is 4. The highest BCUT2D eigenvalue weighted by atomic mass is 32.2. The number of carbonyl (C=O) groups is 1. The molecular weight excluding hydrogens is 303 g/mol. The van der Waals surface area contributed by atoms with Crippen LogP contribution in [0.15, 0.2) is 47.5 Å². The summed E-state index contributed by atoms with van der Waals surface area (Å²) in [5, 5.41) is 2.73. The van der Waals surface area contributed by atoms with Crippen molar-refractivity contribution in [1.82, 2.24) is 4.98 Å². The van der Waals surface area contributed by atoms with Gasteiger partial charge in [-0.15, -0.1) is 11.8 Å². The largest absolute Gasteiger partial charge is 0.385 e. The van der Waals surface area contributed by atoms with Crippen molar-refractivity contribution in [2.75, 3.05) is 24.8 Å². The molecule has 2 aromatic rings. The van der Waals surface area contributed by atoms with Crippen molar-refractivity contribution in [2.24, 2.45) is 0 Å². The van der Waals surface area contributed by atoms with Crippen LogP contribution in [-0.4, -0.2) is 30.4 Å². The Bertz CT molecular complexity index is 620. The normalized spacial score (nSPS) is 10.5. The number of halogens is 1. The van der Waals surface area contributed by atoms with Crippen LogP contribution in [0.4, 0.5) is 10.1 Å². The molecule has 0 radical (unpaired) electrons. The summed E-state index contributed by atoms with van der Waals surface area (Å²) in [6.07, 6.45) is 2.26. The number of thioether (sulfide) groups is 1. The summed E-state index contributed by atoms with van der Waals surface area (Å²) in [5.74, 6) is -0.0483. The number of benzene rings is 1. The lowest BCUT2D eigenvalue weighted by Crippen LogP contribution is -2.12. The number of aromatic nitrogens is 1. The first-order chi connectivity index (χ1) is 10.7. The summed E-state index contributed by atoms with van der Waals surface area (Å²) < 4.78 is 18.0. The maximum absolute atomic E-state index is 13.0. The van der Waals surface area contributed by atoms with Gasteiger partial charge in [-0.3, -0.25) is 4.79 Å². The Morgan fingerprint density at radius 2 is 2.09 bits per heavy atom. The van der Waals surface area contributed by atoms with E-state index in [1.54, 1.807) is 18.9 Å². The number of ether oxygens (including phenoxy) is 1. The van der Waals surface area contributed by atoms with Crippen LogP contribution in [0.25, 0.3) is 0 Å². The first-order valence-corrected chi connectivity index (χ1v) is 7.82. The number of anilines is 1. The van der Waals surface area contributed by atoms with Gasteiger partial charge in [0.1, 0.15) is 0 Å². The Balaban J connectivity index is 1.89. The van der Waals surface area contributed by atoms with E-state index >= 15 is 0 Å². The topological polar surface area (TPSA) is 51.2 Å². The van der Waals surface area contributed by atoms with E-state index in [0.29, 0.717) is 5.69 Å². The van der Waals surface area contributed by atoms with Gasteiger partial charge in [0, 0.05) is 47.9 Å². The van der Waals surface area contributed by atoms with Crippen molar-refractivity contribution in [3.05, 3.63) is 54.1 Å². The molecular formula is C16H17FN2O2S. The van der Waals surface area contributed by atoms with Crippen molar-refractivity contribution in [3.63, 3.8) is 0 Å². The number of rotatable bonds is 7. The van der Waals surface area contributed by atoms with Crippen LogP contribution in [-0.2, 0) is 4.74 Å². The van der Waals surface area contributed by atoms with Gasteiger partial charge in [0.25, 0.3) is 5.91 Å². The molecule has 0 aliphatic rings. The average molecular weight is 320 g/mol. The average Bonchev–Trinajstić information content (AvgIpc) is 2.53. The van der Waals surface area contributed by atoms with Gasteiger partial charge in [-0.05, 0) is 36.8 Å². The van der Waals surface area contributed by atoms with Gasteiger partial charge >= 0.3 is 0 Å². The minimum absolute atomic E-state index is 0.241. The smallest absolute Gasteiger partial charge is 0.255 e. The first kappa shape index (κ1) is 16.5. The summed E-state index contributed by atoms with van der Waals surface area (Å²) in [7, 11) is 1.69. The standard InChI is InChI=1S/C16H17FN2O2S/c1-21-9-2-10-22-14-5-3-13(4-6-14)19-16(20)12-7-8-18-15(17)11-12/h3-8,11H,2,9-10H2,1H3,(H,19,20). The van der Waals surface area contributed by atoms with Crippen LogP contribution in [0.3, 0.4) is 0 Å². The Kier molecular flexibility index (Phi) is 6.36. The van der Waals surface area contributed by atoms with Crippen LogP contribution >= 0.6 is 11.8 Å². The molecule has 6 heteroatoms. The lowest BCUT2D eigenvalue weighted by Gasteiger charge is -2.06. The second-order valence-electron chi connectivity index (χ2n) is 4.54. The van der Waals surface area contributed by atoms with Crippen molar-refractivity contribution in [3.8, 4) is 0 Å². The molecule has 0 bridgehead atoms. The van der Waals surface area contributed by atoms with E-state index in [4.69, 9.17) is 4.74 Å². The highest BCUT2D eigenvalue weighted by Gasteiger charge is 2.07. The van der Waals surface area contributed by atoms with E-state index in [2.05, 4.69) is 10.3 Å². The zero-order chi connectivity index (χ0) is 15.8. The fourth-order valence-electron chi connectivity index (χ4n) is 1.77. The van der Waals surface area contributed by atoms with Crippen LogP contribution in [0.2, 0.25) is 0 Å². The van der Waals surface area contributed by atoms with Gasteiger partial charge in [0.05, 0.1) is 0 Å². The minimum atomic E-state index is -0.671. The predicted octanol–water partition coefficient (Wildman–Crippen LogP) is 3.60. The molecule has 0 spiro atoms. The van der Waals surface area contributed by atoms with Gasteiger partial charge in [-0.2, -0.15) is 4.39 Å². The summed E-state index contributed by atoms with van der Waals surface area (Å²) in [4.78, 5) is 16.5. The van der Waals surface area contributed by atoms with Crippen molar-refractivity contribution < 1.29 is 13.9 Å². The number of hydrogen-bond donors (Lipinski definition) is 1. The van der Waals surface area contributed by atoms with Crippen LogP contribution in [0.1, 0.15) is 16.8 Å². The molecule has 4 nitrogen and oxygen atoms in total. The summed E-state index contributed by atoms with van der Waals surface area (Å²) in [6.45, 7) is 0.754. The van der Waals surface area contributed by atoms with E-state index in [-0.39, 0.29) is 11.5 Å². The molecule has 0 atom stereocenters. The Hall–Kier alpha value is -1.92. The van der Waals surface area contributed by atoms with Crippen molar-refractivity contribution >= 4 is 23.4 Å². The molecule has 116 valence electrons. The van der Waals surface area contributed by atoms with E-state index in [0.717, 1.165) is 29.7 Å². The maximum Gasteiger partial charge on any atom is 0.255 e. The van der Waals surface area contributed by atoms with E-state index < -0.39 is 5.95 Å². The minimum Gasteiger partial charge on any atom is -0.385 e. The molecule has 0 fully saturated rings. The van der Waals surface area contributed by atoms with E-state index in [1.807, 2.05) is 24.3 Å². The zero-order valence-electron chi connectivity index (χ0n) is 12.2. The van der Waals surface area contributed by atoms with Crippen LogP contribution in [0.5, 0.6) is 0 Å². The van der Waals surface area contributed by atoms with Crippen molar-refractivity contribution in [2.45, 2.75) is 11.3 Å². The predicted molar refractivity (Wildman–Crippen MR) is 85.8 cm³/mol. The maximum atomic E-state index is 13.0. The van der Waals surface area contributed by atoms with Gasteiger partial charge < -0.3 is 10.1 Å². The number of pyridine rings is 1. The molecule has 1 heterocycles. The quantitative estimate of drug-likeness (QED) is 0.481. The molecule has 1 amide bonds. The Morgan fingerprint density at radius 1 is 1.32 bits per heavy atom. The van der Waals surface area contributed by atoms with Gasteiger partial charge in [-0.1, -0.05) is 0 Å². The SMILES string of the molecule is COCCCSc1ccc(NC(=O)c2ccnc(F)c2)cc1. The molecule has 0 aliphatic carbocycles. The number of nitrogens with zero attached hydrogens (tertiary/aromatic N) is 1. The Labute approximate surface area is 133 Å². The van der Waals surface area contributed by atoms with Gasteiger partial charge in [0.2, 0.25) is 5.95 Å². The fourth-order valence-corrected chi connectivity index (χ4v) is 2.60. The molecule has 1 aromatic heterocycles. The monoisotopic (exact) mass is 320 g/mol. The summed E-state index contributed by atoms with van der Waals surface area (Å²) >= 11 is 1.74. The lowest BCUT2D eigenvalue weighted by molar-refractivity contribution is 0.102. The van der Waals surface area contributed by atoms with Crippen LogP contribution < -0.4 is 5.32 Å². The van der Waals surface area contributed by atoms with Gasteiger partial charge in [0.15, 0.2) is 0 Å². The Morgan fingerprint density at radius 3 is 2.77 bits per heavy atom.